The first-order valence-corrected chi connectivity index (χ1v) is 7.30. The zero-order valence-corrected chi connectivity index (χ0v) is 12.3. The minimum absolute atomic E-state index is 0.168. The Bertz CT molecular complexity index is 542. The Morgan fingerprint density at radius 1 is 1.15 bits per heavy atom. The molecule has 0 aliphatic rings. The fourth-order valence-electron chi connectivity index (χ4n) is 2.25. The first-order chi connectivity index (χ1) is 9.70. The first-order valence-electron chi connectivity index (χ1n) is 6.93. The van der Waals surface area contributed by atoms with Crippen LogP contribution in [0.5, 0.6) is 0 Å². The Labute approximate surface area is 124 Å². The lowest BCUT2D eigenvalue weighted by Gasteiger charge is -2.18. The maximum atomic E-state index is 13.4. The summed E-state index contributed by atoms with van der Waals surface area (Å²) in [7, 11) is 0. The summed E-state index contributed by atoms with van der Waals surface area (Å²) in [5.74, 6) is -0.363. The molecule has 0 bridgehead atoms. The molecule has 0 fully saturated rings. The average molecular weight is 292 g/mol. The van der Waals surface area contributed by atoms with Crippen LogP contribution in [0.3, 0.4) is 0 Å². The molecule has 0 amide bonds. The Morgan fingerprint density at radius 3 is 2.55 bits per heavy atom. The molecule has 2 aromatic rings. The molecular formula is C17H19ClFN. The van der Waals surface area contributed by atoms with Gasteiger partial charge in [0, 0.05) is 12.6 Å². The highest BCUT2D eigenvalue weighted by atomic mass is 35.5. The minimum Gasteiger partial charge on any atom is -0.306 e. The standard InChI is InChI=1S/C17H19ClFN/c1-2-6-17(14-7-4-3-5-8-14)20-12-13-9-10-15(18)16(19)11-13/h3-5,7-11,17,20H,2,6,12H2,1H3. The van der Waals surface area contributed by atoms with Gasteiger partial charge < -0.3 is 5.32 Å². The monoisotopic (exact) mass is 291 g/mol. The van der Waals surface area contributed by atoms with E-state index in [9.17, 15) is 4.39 Å². The van der Waals surface area contributed by atoms with Gasteiger partial charge >= 0.3 is 0 Å². The van der Waals surface area contributed by atoms with E-state index in [-0.39, 0.29) is 10.8 Å². The van der Waals surface area contributed by atoms with Gasteiger partial charge in [-0.2, -0.15) is 0 Å². The second-order valence-corrected chi connectivity index (χ2v) is 5.29. The Kier molecular flexibility index (Phi) is 5.57. The van der Waals surface area contributed by atoms with E-state index in [4.69, 9.17) is 11.6 Å². The van der Waals surface area contributed by atoms with Gasteiger partial charge in [-0.1, -0.05) is 61.3 Å². The fraction of sp³-hybridized carbons (Fsp3) is 0.294. The van der Waals surface area contributed by atoms with Crippen molar-refractivity contribution in [1.29, 1.82) is 0 Å². The van der Waals surface area contributed by atoms with E-state index in [0.29, 0.717) is 12.6 Å². The van der Waals surface area contributed by atoms with Crippen LogP contribution >= 0.6 is 11.6 Å². The SMILES string of the molecule is CCCC(NCc1ccc(Cl)c(F)c1)c1ccccc1. The summed E-state index contributed by atoms with van der Waals surface area (Å²) in [5, 5.41) is 3.66. The summed E-state index contributed by atoms with van der Waals surface area (Å²) in [6.45, 7) is 2.80. The summed E-state index contributed by atoms with van der Waals surface area (Å²) in [5.41, 5.74) is 2.17. The predicted octanol–water partition coefficient (Wildman–Crippen LogP) is 5.11. The molecule has 106 valence electrons. The van der Waals surface area contributed by atoms with Crippen molar-refractivity contribution in [3.8, 4) is 0 Å². The molecule has 0 aliphatic heterocycles. The minimum atomic E-state index is -0.363. The van der Waals surface area contributed by atoms with E-state index in [1.54, 1.807) is 6.07 Å². The molecule has 0 aliphatic carbocycles. The molecular weight excluding hydrogens is 273 g/mol. The Hall–Kier alpha value is -1.38. The smallest absolute Gasteiger partial charge is 0.142 e. The highest BCUT2D eigenvalue weighted by Gasteiger charge is 2.10. The lowest BCUT2D eigenvalue weighted by Crippen LogP contribution is -2.20. The van der Waals surface area contributed by atoms with Crippen LogP contribution in [-0.2, 0) is 6.54 Å². The van der Waals surface area contributed by atoms with Crippen molar-refractivity contribution in [1.82, 2.24) is 5.32 Å². The van der Waals surface area contributed by atoms with E-state index >= 15 is 0 Å². The van der Waals surface area contributed by atoms with Crippen molar-refractivity contribution in [2.24, 2.45) is 0 Å². The van der Waals surface area contributed by atoms with Crippen LogP contribution in [0.1, 0.15) is 36.9 Å². The third kappa shape index (κ3) is 4.06. The predicted molar refractivity (Wildman–Crippen MR) is 82.3 cm³/mol. The second kappa shape index (κ2) is 7.41. The van der Waals surface area contributed by atoms with Crippen LogP contribution < -0.4 is 5.32 Å². The fourth-order valence-corrected chi connectivity index (χ4v) is 2.37. The third-order valence-corrected chi connectivity index (χ3v) is 3.62. The van der Waals surface area contributed by atoms with Crippen molar-refractivity contribution >= 4 is 11.6 Å². The first kappa shape index (κ1) is 15.0. The summed E-state index contributed by atoms with van der Waals surface area (Å²) in [6.07, 6.45) is 2.15. The van der Waals surface area contributed by atoms with Crippen LogP contribution in [0, 0.1) is 5.82 Å². The van der Waals surface area contributed by atoms with Crippen molar-refractivity contribution in [2.75, 3.05) is 0 Å². The highest BCUT2D eigenvalue weighted by Crippen LogP contribution is 2.20. The summed E-state index contributed by atoms with van der Waals surface area (Å²) in [6, 6.07) is 15.6. The van der Waals surface area contributed by atoms with E-state index in [2.05, 4.69) is 24.4 Å². The van der Waals surface area contributed by atoms with Gasteiger partial charge in [-0.3, -0.25) is 0 Å². The number of benzene rings is 2. The van der Waals surface area contributed by atoms with Gasteiger partial charge in [0.25, 0.3) is 0 Å². The van der Waals surface area contributed by atoms with Gasteiger partial charge in [0.15, 0.2) is 0 Å². The third-order valence-electron chi connectivity index (χ3n) is 3.32. The molecule has 0 radical (unpaired) electrons. The van der Waals surface area contributed by atoms with Crippen LogP contribution in [-0.4, -0.2) is 0 Å². The number of halogens is 2. The van der Waals surface area contributed by atoms with E-state index < -0.39 is 0 Å². The molecule has 2 rings (SSSR count). The van der Waals surface area contributed by atoms with Crippen molar-refractivity contribution in [3.05, 3.63) is 70.5 Å². The maximum absolute atomic E-state index is 13.4. The van der Waals surface area contributed by atoms with Crippen LogP contribution in [0.2, 0.25) is 5.02 Å². The summed E-state index contributed by atoms with van der Waals surface area (Å²) < 4.78 is 13.4. The normalized spacial score (nSPS) is 12.3. The lowest BCUT2D eigenvalue weighted by molar-refractivity contribution is 0.492. The molecule has 20 heavy (non-hydrogen) atoms. The quantitative estimate of drug-likeness (QED) is 0.780. The Morgan fingerprint density at radius 2 is 1.90 bits per heavy atom. The topological polar surface area (TPSA) is 12.0 Å². The number of rotatable bonds is 6. The van der Waals surface area contributed by atoms with Gasteiger partial charge in [0.1, 0.15) is 5.82 Å². The molecule has 1 unspecified atom stereocenters. The van der Waals surface area contributed by atoms with Gasteiger partial charge in [0.2, 0.25) is 0 Å². The van der Waals surface area contributed by atoms with Gasteiger partial charge in [-0.25, -0.2) is 4.39 Å². The number of hydrogen-bond acceptors (Lipinski definition) is 1. The molecule has 0 saturated carbocycles. The zero-order chi connectivity index (χ0) is 14.4. The highest BCUT2D eigenvalue weighted by molar-refractivity contribution is 6.30. The molecule has 0 saturated heterocycles. The molecule has 1 nitrogen and oxygen atoms in total. The van der Waals surface area contributed by atoms with Gasteiger partial charge in [-0.15, -0.1) is 0 Å². The van der Waals surface area contributed by atoms with Gasteiger partial charge in [-0.05, 0) is 29.7 Å². The molecule has 1 N–H and O–H groups in total. The Balaban J connectivity index is 2.03. The summed E-state index contributed by atoms with van der Waals surface area (Å²) in [4.78, 5) is 0. The lowest BCUT2D eigenvalue weighted by atomic mass is 10.0. The van der Waals surface area contributed by atoms with E-state index in [1.807, 2.05) is 24.3 Å². The molecule has 0 spiro atoms. The van der Waals surface area contributed by atoms with Crippen molar-refractivity contribution in [2.45, 2.75) is 32.4 Å². The van der Waals surface area contributed by atoms with Crippen molar-refractivity contribution < 1.29 is 4.39 Å². The average Bonchev–Trinajstić information content (AvgIpc) is 2.48. The molecule has 2 aromatic carbocycles. The van der Waals surface area contributed by atoms with E-state index in [1.165, 1.54) is 11.6 Å². The second-order valence-electron chi connectivity index (χ2n) is 4.88. The van der Waals surface area contributed by atoms with Crippen LogP contribution in [0.25, 0.3) is 0 Å². The molecule has 3 heteroatoms. The molecule has 0 aromatic heterocycles. The largest absolute Gasteiger partial charge is 0.306 e. The number of nitrogens with one attached hydrogen (secondary N) is 1. The van der Waals surface area contributed by atoms with Gasteiger partial charge in [0.05, 0.1) is 5.02 Å². The van der Waals surface area contributed by atoms with Crippen molar-refractivity contribution in [3.63, 3.8) is 0 Å². The van der Waals surface area contributed by atoms with Crippen LogP contribution in [0.15, 0.2) is 48.5 Å². The zero-order valence-electron chi connectivity index (χ0n) is 11.6. The molecule has 1 atom stereocenters. The maximum Gasteiger partial charge on any atom is 0.142 e. The molecule has 0 heterocycles. The van der Waals surface area contributed by atoms with Crippen LogP contribution in [0.4, 0.5) is 4.39 Å². The summed E-state index contributed by atoms with van der Waals surface area (Å²) >= 11 is 5.69. The van der Waals surface area contributed by atoms with E-state index in [0.717, 1.165) is 18.4 Å². The number of hydrogen-bond donors (Lipinski definition) is 1.